The Morgan fingerprint density at radius 3 is 2.38 bits per heavy atom. The molecule has 0 aliphatic rings. The molecule has 0 fully saturated rings. The quantitative estimate of drug-likeness (QED) is 0.453. The number of benzene rings is 3. The zero-order chi connectivity index (χ0) is 17.3. The number of nitrogens with one attached hydrogen (secondary N) is 2. The van der Waals surface area contributed by atoms with E-state index in [0.29, 0.717) is 0 Å². The standard InChI is InChI=1S/C23H19N3/c1-2-8-16(9-3-1)14-15-24-23-21-17-10-4-6-12-19(17)25-22(21)18-11-5-7-13-20(18)26-23/h1-13,25H,14-15H2,(H,24,26). The number of hydrogen-bond donors (Lipinski definition) is 2. The van der Waals surface area contributed by atoms with Crippen LogP contribution in [0.15, 0.2) is 78.9 Å². The summed E-state index contributed by atoms with van der Waals surface area (Å²) in [5, 5.41) is 7.12. The normalized spacial score (nSPS) is 11.4. The van der Waals surface area contributed by atoms with Crippen LogP contribution in [0.2, 0.25) is 0 Å². The van der Waals surface area contributed by atoms with Crippen LogP contribution >= 0.6 is 0 Å². The molecule has 0 spiro atoms. The first-order chi connectivity index (χ1) is 12.9. The average molecular weight is 337 g/mol. The van der Waals surface area contributed by atoms with Crippen molar-refractivity contribution in [3.05, 3.63) is 84.4 Å². The molecule has 0 bridgehead atoms. The summed E-state index contributed by atoms with van der Waals surface area (Å²) in [5.74, 6) is 0.951. The molecule has 0 aliphatic carbocycles. The second kappa shape index (κ2) is 6.19. The molecular weight excluding hydrogens is 318 g/mol. The monoisotopic (exact) mass is 337 g/mol. The Morgan fingerprint density at radius 2 is 1.50 bits per heavy atom. The van der Waals surface area contributed by atoms with Crippen LogP contribution in [0.1, 0.15) is 5.56 Å². The van der Waals surface area contributed by atoms with Crippen molar-refractivity contribution in [1.29, 1.82) is 0 Å². The number of aromatic nitrogens is 2. The third kappa shape index (κ3) is 2.49. The van der Waals surface area contributed by atoms with Gasteiger partial charge in [0.05, 0.1) is 16.4 Å². The molecule has 0 atom stereocenters. The first-order valence-corrected chi connectivity index (χ1v) is 8.97. The van der Waals surface area contributed by atoms with Gasteiger partial charge in [0.2, 0.25) is 0 Å². The van der Waals surface area contributed by atoms with E-state index in [1.807, 2.05) is 6.07 Å². The predicted molar refractivity (Wildman–Crippen MR) is 110 cm³/mol. The Hall–Kier alpha value is -3.33. The molecule has 0 saturated heterocycles. The summed E-state index contributed by atoms with van der Waals surface area (Å²) < 4.78 is 0. The zero-order valence-corrected chi connectivity index (χ0v) is 14.4. The van der Waals surface area contributed by atoms with E-state index in [1.165, 1.54) is 16.3 Å². The van der Waals surface area contributed by atoms with Crippen LogP contribution < -0.4 is 5.32 Å². The van der Waals surface area contributed by atoms with Gasteiger partial charge in [0.25, 0.3) is 0 Å². The van der Waals surface area contributed by atoms with Crippen LogP contribution in [0.25, 0.3) is 32.7 Å². The Morgan fingerprint density at radius 1 is 0.769 bits per heavy atom. The summed E-state index contributed by atoms with van der Waals surface area (Å²) in [7, 11) is 0. The van der Waals surface area contributed by atoms with Crippen LogP contribution in [-0.4, -0.2) is 16.5 Å². The Balaban J connectivity index is 1.62. The molecule has 5 aromatic rings. The molecule has 2 heterocycles. The van der Waals surface area contributed by atoms with Crippen molar-refractivity contribution in [3.63, 3.8) is 0 Å². The van der Waals surface area contributed by atoms with Gasteiger partial charge in [-0.2, -0.15) is 0 Å². The number of aromatic amines is 1. The van der Waals surface area contributed by atoms with E-state index in [9.17, 15) is 0 Å². The van der Waals surface area contributed by atoms with Crippen molar-refractivity contribution in [1.82, 2.24) is 9.97 Å². The molecule has 3 aromatic carbocycles. The van der Waals surface area contributed by atoms with Gasteiger partial charge in [-0.15, -0.1) is 0 Å². The van der Waals surface area contributed by atoms with Crippen LogP contribution in [-0.2, 0) is 6.42 Å². The molecule has 3 heteroatoms. The fourth-order valence-corrected chi connectivity index (χ4v) is 3.65. The number of nitrogens with zero attached hydrogens (tertiary/aromatic N) is 1. The first kappa shape index (κ1) is 15.0. The van der Waals surface area contributed by atoms with Crippen molar-refractivity contribution in [2.45, 2.75) is 6.42 Å². The molecule has 3 nitrogen and oxygen atoms in total. The maximum Gasteiger partial charge on any atom is 0.136 e. The second-order valence-electron chi connectivity index (χ2n) is 6.56. The van der Waals surface area contributed by atoms with Gasteiger partial charge in [-0.3, -0.25) is 0 Å². The Bertz CT molecular complexity index is 1210. The number of para-hydroxylation sites is 2. The van der Waals surface area contributed by atoms with E-state index in [0.717, 1.165) is 40.7 Å². The summed E-state index contributed by atoms with van der Waals surface area (Å²) in [6.45, 7) is 0.851. The first-order valence-electron chi connectivity index (χ1n) is 8.97. The lowest BCUT2D eigenvalue weighted by atomic mass is 10.1. The van der Waals surface area contributed by atoms with Crippen molar-refractivity contribution in [2.24, 2.45) is 0 Å². The molecule has 2 aromatic heterocycles. The molecule has 0 unspecified atom stereocenters. The molecule has 26 heavy (non-hydrogen) atoms. The Kier molecular flexibility index (Phi) is 3.56. The molecule has 0 amide bonds. The highest BCUT2D eigenvalue weighted by molar-refractivity contribution is 6.20. The second-order valence-corrected chi connectivity index (χ2v) is 6.56. The molecule has 0 radical (unpaired) electrons. The van der Waals surface area contributed by atoms with Crippen molar-refractivity contribution in [2.75, 3.05) is 11.9 Å². The minimum atomic E-state index is 0.851. The summed E-state index contributed by atoms with van der Waals surface area (Å²) in [4.78, 5) is 8.52. The minimum Gasteiger partial charge on any atom is -0.369 e. The van der Waals surface area contributed by atoms with E-state index in [-0.39, 0.29) is 0 Å². The minimum absolute atomic E-state index is 0.851. The molecular formula is C23H19N3. The zero-order valence-electron chi connectivity index (χ0n) is 14.4. The van der Waals surface area contributed by atoms with Gasteiger partial charge in [-0.05, 0) is 24.1 Å². The lowest BCUT2D eigenvalue weighted by Gasteiger charge is -2.10. The van der Waals surface area contributed by atoms with Gasteiger partial charge in [-0.1, -0.05) is 66.7 Å². The van der Waals surface area contributed by atoms with Crippen LogP contribution in [0.3, 0.4) is 0 Å². The van der Waals surface area contributed by atoms with Gasteiger partial charge in [0.1, 0.15) is 5.82 Å². The van der Waals surface area contributed by atoms with E-state index in [2.05, 4.69) is 83.1 Å². The Labute approximate surface area is 151 Å². The number of hydrogen-bond acceptors (Lipinski definition) is 2. The molecule has 2 N–H and O–H groups in total. The number of anilines is 1. The highest BCUT2D eigenvalue weighted by atomic mass is 15.0. The molecule has 5 rings (SSSR count). The van der Waals surface area contributed by atoms with E-state index < -0.39 is 0 Å². The van der Waals surface area contributed by atoms with Crippen molar-refractivity contribution >= 4 is 38.5 Å². The predicted octanol–water partition coefficient (Wildman–Crippen LogP) is 5.52. The smallest absolute Gasteiger partial charge is 0.136 e. The van der Waals surface area contributed by atoms with Gasteiger partial charge in [0, 0.05) is 22.8 Å². The van der Waals surface area contributed by atoms with Crippen molar-refractivity contribution < 1.29 is 0 Å². The number of rotatable bonds is 4. The van der Waals surface area contributed by atoms with Gasteiger partial charge in [-0.25, -0.2) is 4.98 Å². The highest BCUT2D eigenvalue weighted by Gasteiger charge is 2.13. The van der Waals surface area contributed by atoms with Gasteiger partial charge >= 0.3 is 0 Å². The third-order valence-electron chi connectivity index (χ3n) is 4.90. The SMILES string of the molecule is c1ccc(CCNc2nc3ccccc3c3[nH]c4ccccc4c23)cc1. The van der Waals surface area contributed by atoms with E-state index in [4.69, 9.17) is 4.98 Å². The maximum absolute atomic E-state index is 4.93. The summed E-state index contributed by atoms with van der Waals surface area (Å²) in [6, 6.07) is 27.3. The van der Waals surface area contributed by atoms with Crippen LogP contribution in [0, 0.1) is 0 Å². The van der Waals surface area contributed by atoms with Crippen LogP contribution in [0.4, 0.5) is 5.82 Å². The van der Waals surface area contributed by atoms with Crippen molar-refractivity contribution in [3.8, 4) is 0 Å². The number of H-pyrrole nitrogens is 1. The van der Waals surface area contributed by atoms with Gasteiger partial charge < -0.3 is 10.3 Å². The van der Waals surface area contributed by atoms with Crippen LogP contribution in [0.5, 0.6) is 0 Å². The number of pyridine rings is 1. The van der Waals surface area contributed by atoms with Gasteiger partial charge in [0.15, 0.2) is 0 Å². The maximum atomic E-state index is 4.93. The molecule has 0 saturated carbocycles. The fraction of sp³-hybridized carbons (Fsp3) is 0.0870. The fourth-order valence-electron chi connectivity index (χ4n) is 3.65. The summed E-state index contributed by atoms with van der Waals surface area (Å²) in [6.07, 6.45) is 0.971. The largest absolute Gasteiger partial charge is 0.369 e. The molecule has 126 valence electrons. The average Bonchev–Trinajstić information content (AvgIpc) is 3.09. The van der Waals surface area contributed by atoms with E-state index >= 15 is 0 Å². The molecule has 0 aliphatic heterocycles. The lowest BCUT2D eigenvalue weighted by molar-refractivity contribution is 1.01. The summed E-state index contributed by atoms with van der Waals surface area (Å²) >= 11 is 0. The topological polar surface area (TPSA) is 40.7 Å². The third-order valence-corrected chi connectivity index (χ3v) is 4.90. The summed E-state index contributed by atoms with van der Waals surface area (Å²) in [5.41, 5.74) is 4.63. The highest BCUT2D eigenvalue weighted by Crippen LogP contribution is 2.34. The lowest BCUT2D eigenvalue weighted by Crippen LogP contribution is -2.06. The number of fused-ring (bicyclic) bond motifs is 5. The van der Waals surface area contributed by atoms with E-state index in [1.54, 1.807) is 0 Å².